The van der Waals surface area contributed by atoms with Gasteiger partial charge >= 0.3 is 0 Å². The van der Waals surface area contributed by atoms with Gasteiger partial charge in [0.05, 0.1) is 11.2 Å². The highest BCUT2D eigenvalue weighted by Crippen LogP contribution is 2.55. The quantitative estimate of drug-likeness (QED) is 0.499. The molecule has 210 valence electrons. The first-order valence-electron chi connectivity index (χ1n) is 14.5. The SMILES string of the molecule is C[C@@H]1CN(c2ccc(OCC(C)(C)O)cc2)CCN1c1cccc(C(=O)NC2C3CC4CC2CC(O)(C4)C3)n1. The number of hydrogen-bond acceptors (Lipinski definition) is 7. The number of piperazine rings is 1. The minimum Gasteiger partial charge on any atom is -0.491 e. The molecule has 2 heterocycles. The van der Waals surface area contributed by atoms with Crippen molar-refractivity contribution in [3.63, 3.8) is 0 Å². The highest BCUT2D eigenvalue weighted by molar-refractivity contribution is 5.93. The molecule has 0 radical (unpaired) electrons. The van der Waals surface area contributed by atoms with E-state index >= 15 is 0 Å². The second-order valence-electron chi connectivity index (χ2n) is 13.2. The normalized spacial score (nSPS) is 31.9. The van der Waals surface area contributed by atoms with Gasteiger partial charge in [0.1, 0.15) is 23.9 Å². The number of benzene rings is 1. The van der Waals surface area contributed by atoms with E-state index in [-0.39, 0.29) is 24.6 Å². The van der Waals surface area contributed by atoms with E-state index in [0.717, 1.165) is 69.0 Å². The van der Waals surface area contributed by atoms with Crippen molar-refractivity contribution in [1.29, 1.82) is 0 Å². The van der Waals surface area contributed by atoms with Crippen LogP contribution in [0.2, 0.25) is 0 Å². The van der Waals surface area contributed by atoms with E-state index in [9.17, 15) is 15.0 Å². The molecule has 8 nitrogen and oxygen atoms in total. The predicted molar refractivity (Wildman–Crippen MR) is 151 cm³/mol. The fourth-order valence-corrected chi connectivity index (χ4v) is 7.70. The Balaban J connectivity index is 1.07. The lowest BCUT2D eigenvalue weighted by molar-refractivity contribution is -0.136. The molecule has 4 bridgehead atoms. The maximum absolute atomic E-state index is 13.3. The summed E-state index contributed by atoms with van der Waals surface area (Å²) in [6, 6.07) is 14.1. The second-order valence-corrected chi connectivity index (χ2v) is 13.2. The molecule has 1 saturated heterocycles. The molecule has 2 unspecified atom stereocenters. The summed E-state index contributed by atoms with van der Waals surface area (Å²) < 4.78 is 5.69. The number of ether oxygens (including phenoxy) is 1. The summed E-state index contributed by atoms with van der Waals surface area (Å²) in [5.74, 6) is 2.86. The Hall–Kier alpha value is -2.84. The summed E-state index contributed by atoms with van der Waals surface area (Å²) in [5, 5.41) is 24.1. The Morgan fingerprint density at radius 2 is 1.82 bits per heavy atom. The highest BCUT2D eigenvalue weighted by Gasteiger charge is 2.55. The van der Waals surface area contributed by atoms with Crippen molar-refractivity contribution in [3.8, 4) is 5.75 Å². The number of carbonyl (C=O) groups excluding carboxylic acids is 1. The molecule has 1 aliphatic heterocycles. The van der Waals surface area contributed by atoms with Crippen LogP contribution in [0.25, 0.3) is 0 Å². The van der Waals surface area contributed by atoms with Gasteiger partial charge in [-0.2, -0.15) is 0 Å². The van der Waals surface area contributed by atoms with Crippen molar-refractivity contribution in [2.45, 2.75) is 76.2 Å². The van der Waals surface area contributed by atoms with Gasteiger partial charge in [0, 0.05) is 37.4 Å². The molecular weight excluding hydrogens is 492 g/mol. The average Bonchev–Trinajstić information content (AvgIpc) is 2.88. The number of amides is 1. The molecule has 3 atom stereocenters. The number of nitrogens with zero attached hydrogens (tertiary/aromatic N) is 3. The molecule has 5 aliphatic rings. The van der Waals surface area contributed by atoms with E-state index in [1.165, 1.54) is 0 Å². The monoisotopic (exact) mass is 534 g/mol. The fraction of sp³-hybridized carbons (Fsp3) is 0.613. The zero-order valence-corrected chi connectivity index (χ0v) is 23.3. The van der Waals surface area contributed by atoms with Gasteiger partial charge in [-0.25, -0.2) is 4.98 Å². The number of pyridine rings is 1. The summed E-state index contributed by atoms with van der Waals surface area (Å²) in [6.07, 6.45) is 4.82. The first kappa shape index (κ1) is 26.4. The van der Waals surface area contributed by atoms with Crippen LogP contribution in [0.1, 0.15) is 63.4 Å². The number of aromatic nitrogens is 1. The molecular formula is C31H42N4O4. The maximum Gasteiger partial charge on any atom is 0.270 e. The Morgan fingerprint density at radius 3 is 2.46 bits per heavy atom. The van der Waals surface area contributed by atoms with Crippen LogP contribution >= 0.6 is 0 Å². The van der Waals surface area contributed by atoms with Crippen LogP contribution in [0.3, 0.4) is 0 Å². The van der Waals surface area contributed by atoms with E-state index in [2.05, 4.69) is 34.2 Å². The molecule has 0 spiro atoms. The molecule has 39 heavy (non-hydrogen) atoms. The topological polar surface area (TPSA) is 98.2 Å². The van der Waals surface area contributed by atoms with E-state index < -0.39 is 11.2 Å². The molecule has 8 heteroatoms. The Morgan fingerprint density at radius 1 is 1.10 bits per heavy atom. The standard InChI is InChI=1S/C31H42N4O4/c1-20-18-34(24-7-9-25(10-8-24)39-19-30(2,3)37)11-12-35(20)27-6-4-5-26(32-27)29(36)33-28-22-13-21-14-23(28)17-31(38,15-21)16-22/h4-10,20-23,28,37-38H,11-19H2,1-3H3,(H,33,36)/t20-,21?,22?,23?,28?,31?/m1/s1. The summed E-state index contributed by atoms with van der Waals surface area (Å²) in [6.45, 7) is 8.41. The lowest BCUT2D eigenvalue weighted by Crippen LogP contribution is -2.61. The predicted octanol–water partition coefficient (Wildman–Crippen LogP) is 3.62. The molecule has 1 aromatic carbocycles. The summed E-state index contributed by atoms with van der Waals surface area (Å²) >= 11 is 0. The number of rotatable bonds is 7. The van der Waals surface area contributed by atoms with Gasteiger partial charge in [0.25, 0.3) is 5.91 Å². The first-order chi connectivity index (χ1) is 18.6. The summed E-state index contributed by atoms with van der Waals surface area (Å²) in [5.41, 5.74) is 0.241. The molecule has 3 N–H and O–H groups in total. The van der Waals surface area contributed by atoms with Crippen molar-refractivity contribution in [2.24, 2.45) is 17.8 Å². The molecule has 5 fully saturated rings. The van der Waals surface area contributed by atoms with Crippen LogP contribution in [-0.2, 0) is 0 Å². The first-order valence-corrected chi connectivity index (χ1v) is 14.5. The van der Waals surface area contributed by atoms with Gasteiger partial charge in [-0.05, 0) is 107 Å². The van der Waals surface area contributed by atoms with Crippen molar-refractivity contribution in [3.05, 3.63) is 48.2 Å². The lowest BCUT2D eigenvalue weighted by Gasteiger charge is -2.58. The van der Waals surface area contributed by atoms with Crippen LogP contribution in [-0.4, -0.2) is 70.6 Å². The number of carbonyl (C=O) groups is 1. The van der Waals surface area contributed by atoms with E-state index in [0.29, 0.717) is 23.4 Å². The maximum atomic E-state index is 13.3. The zero-order chi connectivity index (χ0) is 27.4. The van der Waals surface area contributed by atoms with Crippen LogP contribution in [0.5, 0.6) is 5.75 Å². The minimum atomic E-state index is -0.866. The van der Waals surface area contributed by atoms with Crippen LogP contribution in [0.15, 0.2) is 42.5 Å². The van der Waals surface area contributed by atoms with Gasteiger partial charge in [0.15, 0.2) is 0 Å². The number of aliphatic hydroxyl groups is 2. The Bertz CT molecular complexity index is 1180. The average molecular weight is 535 g/mol. The van der Waals surface area contributed by atoms with E-state index in [1.54, 1.807) is 13.8 Å². The van der Waals surface area contributed by atoms with E-state index in [1.807, 2.05) is 30.3 Å². The van der Waals surface area contributed by atoms with Crippen LogP contribution < -0.4 is 19.9 Å². The Kier molecular flexibility index (Phi) is 6.74. The zero-order valence-electron chi connectivity index (χ0n) is 23.3. The van der Waals surface area contributed by atoms with Gasteiger partial charge in [0.2, 0.25) is 0 Å². The van der Waals surface area contributed by atoms with Crippen molar-refractivity contribution >= 4 is 17.4 Å². The lowest BCUT2D eigenvalue weighted by atomic mass is 9.52. The summed E-state index contributed by atoms with van der Waals surface area (Å²) in [7, 11) is 0. The van der Waals surface area contributed by atoms with Gasteiger partial charge in [-0.1, -0.05) is 6.07 Å². The molecule has 7 rings (SSSR count). The number of anilines is 2. The molecule has 1 aromatic heterocycles. The molecule has 4 saturated carbocycles. The Labute approximate surface area is 231 Å². The van der Waals surface area contributed by atoms with Crippen molar-refractivity contribution in [2.75, 3.05) is 36.0 Å². The third-order valence-electron chi connectivity index (χ3n) is 9.22. The molecule has 2 aromatic rings. The second kappa shape index (κ2) is 9.97. The highest BCUT2D eigenvalue weighted by atomic mass is 16.5. The van der Waals surface area contributed by atoms with Gasteiger partial charge in [-0.15, -0.1) is 0 Å². The largest absolute Gasteiger partial charge is 0.491 e. The molecule has 4 aliphatic carbocycles. The summed E-state index contributed by atoms with van der Waals surface area (Å²) in [4.78, 5) is 22.8. The van der Waals surface area contributed by atoms with Gasteiger partial charge < -0.3 is 30.1 Å². The minimum absolute atomic E-state index is 0.0977. The smallest absolute Gasteiger partial charge is 0.270 e. The van der Waals surface area contributed by atoms with Crippen molar-refractivity contribution < 1.29 is 19.7 Å². The van der Waals surface area contributed by atoms with Gasteiger partial charge in [-0.3, -0.25) is 4.79 Å². The van der Waals surface area contributed by atoms with Crippen molar-refractivity contribution in [1.82, 2.24) is 10.3 Å². The number of hydrogen-bond donors (Lipinski definition) is 3. The third kappa shape index (κ3) is 5.59. The number of nitrogens with one attached hydrogen (secondary N) is 1. The van der Waals surface area contributed by atoms with Crippen LogP contribution in [0, 0.1) is 17.8 Å². The third-order valence-corrected chi connectivity index (χ3v) is 9.22. The van der Waals surface area contributed by atoms with E-state index in [4.69, 9.17) is 9.72 Å². The fourth-order valence-electron chi connectivity index (χ4n) is 7.70. The molecule has 1 amide bonds. The van der Waals surface area contributed by atoms with Crippen LogP contribution in [0.4, 0.5) is 11.5 Å².